The second-order valence-electron chi connectivity index (χ2n) is 6.84. The normalized spacial score (nSPS) is 19.6. The van der Waals surface area contributed by atoms with E-state index in [4.69, 9.17) is 4.74 Å². The molecule has 2 N–H and O–H groups in total. The fourth-order valence-electron chi connectivity index (χ4n) is 3.50. The predicted molar refractivity (Wildman–Crippen MR) is 99.2 cm³/mol. The van der Waals surface area contributed by atoms with Crippen LogP contribution in [0.4, 0.5) is 17.6 Å². The van der Waals surface area contributed by atoms with Crippen LogP contribution in [0.3, 0.4) is 0 Å². The molecule has 2 atom stereocenters. The summed E-state index contributed by atoms with van der Waals surface area (Å²) in [6.45, 7) is -0.349. The van der Waals surface area contributed by atoms with E-state index >= 15 is 0 Å². The standard InChI is InChI=1S/C19H16BrF4NO5/c20-15-14(18(28)29)17(19(22,23)24)25(16(15)9-1-3-10(21)4-2-9)6-5-12-7-11(26)8-13(27)30-12/h1-4,11-12,26H,5-8H2,(H,28,29)/t11-,12-/m0/s1. The first kappa shape index (κ1) is 22.3. The monoisotopic (exact) mass is 493 g/mol. The first-order valence-corrected chi connectivity index (χ1v) is 9.64. The van der Waals surface area contributed by atoms with Gasteiger partial charge in [-0.2, -0.15) is 13.2 Å². The van der Waals surface area contributed by atoms with Crippen molar-refractivity contribution < 1.29 is 42.1 Å². The molecule has 162 valence electrons. The van der Waals surface area contributed by atoms with Gasteiger partial charge in [0.15, 0.2) is 0 Å². The Morgan fingerprint density at radius 1 is 1.27 bits per heavy atom. The summed E-state index contributed by atoms with van der Waals surface area (Å²) >= 11 is 2.97. The van der Waals surface area contributed by atoms with Crippen molar-refractivity contribution in [1.29, 1.82) is 0 Å². The highest BCUT2D eigenvalue weighted by molar-refractivity contribution is 9.10. The first-order chi connectivity index (χ1) is 14.0. The lowest BCUT2D eigenvalue weighted by molar-refractivity contribution is -0.161. The van der Waals surface area contributed by atoms with E-state index in [0.29, 0.717) is 0 Å². The largest absolute Gasteiger partial charge is 0.478 e. The molecule has 0 saturated carbocycles. The molecule has 6 nitrogen and oxygen atoms in total. The molecule has 0 aliphatic carbocycles. The minimum atomic E-state index is -5.00. The lowest BCUT2D eigenvalue weighted by atomic mass is 10.0. The third-order valence-electron chi connectivity index (χ3n) is 4.71. The molecule has 0 bridgehead atoms. The number of aliphatic hydroxyl groups excluding tert-OH is 1. The Bertz CT molecular complexity index is 971. The predicted octanol–water partition coefficient (Wildman–Crippen LogP) is 4.23. The van der Waals surface area contributed by atoms with E-state index in [9.17, 15) is 37.4 Å². The molecule has 2 aromatic rings. The second-order valence-corrected chi connectivity index (χ2v) is 7.63. The second kappa shape index (κ2) is 8.38. The van der Waals surface area contributed by atoms with Crippen LogP contribution in [0.25, 0.3) is 11.3 Å². The van der Waals surface area contributed by atoms with Crippen LogP contribution < -0.4 is 0 Å². The van der Waals surface area contributed by atoms with Crippen molar-refractivity contribution in [2.45, 2.75) is 44.2 Å². The van der Waals surface area contributed by atoms with Crippen molar-refractivity contribution in [2.24, 2.45) is 0 Å². The van der Waals surface area contributed by atoms with Crippen molar-refractivity contribution in [1.82, 2.24) is 4.57 Å². The highest BCUT2D eigenvalue weighted by Gasteiger charge is 2.43. The van der Waals surface area contributed by atoms with Crippen molar-refractivity contribution >= 4 is 27.9 Å². The Balaban J connectivity index is 2.10. The number of halogens is 5. The Hall–Kier alpha value is -2.40. The number of aliphatic hydroxyl groups is 1. The van der Waals surface area contributed by atoms with Gasteiger partial charge in [0.1, 0.15) is 23.2 Å². The van der Waals surface area contributed by atoms with Gasteiger partial charge in [-0.3, -0.25) is 4.79 Å². The van der Waals surface area contributed by atoms with Gasteiger partial charge in [-0.15, -0.1) is 0 Å². The molecule has 1 aliphatic rings. The van der Waals surface area contributed by atoms with Gasteiger partial charge in [0, 0.05) is 19.4 Å². The molecular formula is C19H16BrF4NO5. The van der Waals surface area contributed by atoms with Crippen LogP contribution in [-0.4, -0.2) is 38.9 Å². The number of carboxylic acid groups (broad SMARTS) is 1. The lowest BCUT2D eigenvalue weighted by Crippen LogP contribution is -2.33. The molecule has 1 aliphatic heterocycles. The molecule has 0 spiro atoms. The average molecular weight is 494 g/mol. The van der Waals surface area contributed by atoms with Crippen molar-refractivity contribution in [3.63, 3.8) is 0 Å². The van der Waals surface area contributed by atoms with Gasteiger partial charge in [-0.25, -0.2) is 9.18 Å². The van der Waals surface area contributed by atoms with Crippen molar-refractivity contribution in [2.75, 3.05) is 0 Å². The van der Waals surface area contributed by atoms with E-state index in [1.807, 2.05) is 0 Å². The average Bonchev–Trinajstić information content (AvgIpc) is 2.93. The van der Waals surface area contributed by atoms with Gasteiger partial charge < -0.3 is 19.5 Å². The van der Waals surface area contributed by atoms with E-state index in [-0.39, 0.29) is 41.5 Å². The number of carbonyl (C=O) groups is 2. The zero-order valence-corrected chi connectivity index (χ0v) is 16.8. The minimum Gasteiger partial charge on any atom is -0.478 e. The highest BCUT2D eigenvalue weighted by atomic mass is 79.9. The fourth-order valence-corrected chi connectivity index (χ4v) is 4.30. The van der Waals surface area contributed by atoms with Gasteiger partial charge in [0.05, 0.1) is 22.7 Å². The van der Waals surface area contributed by atoms with Crippen LogP contribution in [0.15, 0.2) is 28.7 Å². The molecule has 30 heavy (non-hydrogen) atoms. The number of benzene rings is 1. The highest BCUT2D eigenvalue weighted by Crippen LogP contribution is 2.43. The van der Waals surface area contributed by atoms with Crippen LogP contribution in [0, 0.1) is 5.82 Å². The number of nitrogens with zero attached hydrogens (tertiary/aromatic N) is 1. The van der Waals surface area contributed by atoms with E-state index in [1.165, 1.54) is 12.1 Å². The zero-order valence-electron chi connectivity index (χ0n) is 15.2. The molecule has 2 heterocycles. The Morgan fingerprint density at radius 3 is 2.43 bits per heavy atom. The van der Waals surface area contributed by atoms with Gasteiger partial charge >= 0.3 is 18.1 Å². The molecule has 1 fully saturated rings. The summed E-state index contributed by atoms with van der Waals surface area (Å²) in [6, 6.07) is 4.57. The molecule has 1 saturated heterocycles. The van der Waals surface area contributed by atoms with Crippen LogP contribution in [0.1, 0.15) is 35.3 Å². The summed E-state index contributed by atoms with van der Waals surface area (Å²) in [7, 11) is 0. The summed E-state index contributed by atoms with van der Waals surface area (Å²) in [4.78, 5) is 23.1. The fraction of sp³-hybridized carbons (Fsp3) is 0.368. The van der Waals surface area contributed by atoms with Gasteiger partial charge in [-0.1, -0.05) is 0 Å². The number of aromatic carboxylic acids is 1. The Labute approximate surface area is 176 Å². The third kappa shape index (κ3) is 4.51. The van der Waals surface area contributed by atoms with Crippen LogP contribution >= 0.6 is 15.9 Å². The summed E-state index contributed by atoms with van der Waals surface area (Å²) < 4.78 is 60.4. The van der Waals surface area contributed by atoms with E-state index in [0.717, 1.165) is 16.7 Å². The van der Waals surface area contributed by atoms with Crippen molar-refractivity contribution in [3.8, 4) is 11.3 Å². The van der Waals surface area contributed by atoms with Gasteiger partial charge in [0.2, 0.25) is 0 Å². The maximum atomic E-state index is 13.8. The molecule has 0 unspecified atom stereocenters. The van der Waals surface area contributed by atoms with Gasteiger partial charge in [0.25, 0.3) is 0 Å². The molecule has 0 radical (unpaired) electrons. The first-order valence-electron chi connectivity index (χ1n) is 8.85. The quantitative estimate of drug-likeness (QED) is 0.480. The maximum absolute atomic E-state index is 13.8. The smallest absolute Gasteiger partial charge is 0.432 e. The Kier molecular flexibility index (Phi) is 6.23. The number of aromatic nitrogens is 1. The molecular weight excluding hydrogens is 478 g/mol. The third-order valence-corrected chi connectivity index (χ3v) is 5.49. The molecule has 1 aromatic carbocycles. The summed E-state index contributed by atoms with van der Waals surface area (Å²) in [6.07, 6.45) is -6.99. The van der Waals surface area contributed by atoms with Crippen LogP contribution in [0.5, 0.6) is 0 Å². The maximum Gasteiger partial charge on any atom is 0.432 e. The van der Waals surface area contributed by atoms with E-state index in [2.05, 4.69) is 15.9 Å². The number of carboxylic acids is 1. The summed E-state index contributed by atoms with van der Waals surface area (Å²) in [5.41, 5.74) is -2.28. The van der Waals surface area contributed by atoms with E-state index < -0.39 is 47.4 Å². The summed E-state index contributed by atoms with van der Waals surface area (Å²) in [5.74, 6) is -3.05. The number of alkyl halides is 3. The number of hydrogen-bond donors (Lipinski definition) is 2. The van der Waals surface area contributed by atoms with Crippen LogP contribution in [0.2, 0.25) is 0 Å². The molecule has 0 amide bonds. The van der Waals surface area contributed by atoms with Gasteiger partial charge in [-0.05, 0) is 45.8 Å². The molecule has 11 heteroatoms. The number of hydrogen-bond acceptors (Lipinski definition) is 4. The lowest BCUT2D eigenvalue weighted by Gasteiger charge is -2.27. The topological polar surface area (TPSA) is 88.8 Å². The number of rotatable bonds is 5. The Morgan fingerprint density at radius 2 is 1.90 bits per heavy atom. The van der Waals surface area contributed by atoms with Crippen molar-refractivity contribution in [3.05, 3.63) is 45.8 Å². The van der Waals surface area contributed by atoms with E-state index in [1.54, 1.807) is 0 Å². The number of cyclic esters (lactones) is 1. The SMILES string of the molecule is O=C1C[C@@H](O)C[C@H](CCn2c(-c3ccc(F)cc3)c(Br)c(C(=O)O)c2C(F)(F)F)O1. The number of ether oxygens (including phenoxy) is 1. The number of esters is 1. The minimum absolute atomic E-state index is 0.0627. The molecule has 3 rings (SSSR count). The summed E-state index contributed by atoms with van der Waals surface area (Å²) in [5, 5.41) is 19.1. The zero-order chi connectivity index (χ0) is 22.2. The van der Waals surface area contributed by atoms with Crippen LogP contribution in [-0.2, 0) is 22.3 Å². The number of carbonyl (C=O) groups excluding carboxylic acids is 1. The molecule has 1 aromatic heterocycles.